The second-order valence-electron chi connectivity index (χ2n) is 4.26. The molecule has 2 rings (SSSR count). The number of anilines is 1. The van der Waals surface area contributed by atoms with Crippen molar-refractivity contribution in [1.29, 1.82) is 0 Å². The number of rotatable bonds is 3. The normalized spacial score (nSPS) is 10.3. The Labute approximate surface area is 120 Å². The summed E-state index contributed by atoms with van der Waals surface area (Å²) in [5.74, 6) is -1.06. The van der Waals surface area contributed by atoms with E-state index >= 15 is 0 Å². The number of carbonyl (C=O) groups is 2. The third-order valence-corrected chi connectivity index (χ3v) is 3.16. The van der Waals surface area contributed by atoms with Crippen molar-refractivity contribution in [1.82, 2.24) is 9.78 Å². The van der Waals surface area contributed by atoms with Crippen molar-refractivity contribution in [2.75, 3.05) is 5.32 Å². The Balaban J connectivity index is 2.32. The summed E-state index contributed by atoms with van der Waals surface area (Å²) in [6.07, 6.45) is 0. The molecule has 3 N–H and O–H groups in total. The smallest absolute Gasteiger partial charge is 0.271 e. The van der Waals surface area contributed by atoms with Crippen LogP contribution in [0.5, 0.6) is 0 Å². The van der Waals surface area contributed by atoms with Crippen LogP contribution in [0.3, 0.4) is 0 Å². The van der Waals surface area contributed by atoms with Gasteiger partial charge in [-0.2, -0.15) is 5.10 Å². The third-order valence-electron chi connectivity index (χ3n) is 2.91. The van der Waals surface area contributed by atoms with Gasteiger partial charge in [-0.1, -0.05) is 11.6 Å². The van der Waals surface area contributed by atoms with Crippen LogP contribution < -0.4 is 11.1 Å². The van der Waals surface area contributed by atoms with E-state index < -0.39 is 5.91 Å². The number of nitrogens with zero attached hydrogens (tertiary/aromatic N) is 2. The Morgan fingerprint density at radius 1 is 1.30 bits per heavy atom. The van der Waals surface area contributed by atoms with Gasteiger partial charge in [0.2, 0.25) is 0 Å². The molecule has 2 amide bonds. The molecule has 20 heavy (non-hydrogen) atoms. The molecule has 104 valence electrons. The molecule has 0 aliphatic rings. The van der Waals surface area contributed by atoms with Crippen molar-refractivity contribution in [3.8, 4) is 0 Å². The number of carbonyl (C=O) groups excluding carboxylic acids is 2. The molecule has 0 fully saturated rings. The molecule has 0 bridgehead atoms. The minimum atomic E-state index is -0.694. The molecule has 0 atom stereocenters. The van der Waals surface area contributed by atoms with Crippen LogP contribution in [0.25, 0.3) is 0 Å². The lowest BCUT2D eigenvalue weighted by Gasteiger charge is -2.06. The molecule has 0 saturated carbocycles. The van der Waals surface area contributed by atoms with Crippen LogP contribution in [0, 0.1) is 6.92 Å². The van der Waals surface area contributed by atoms with E-state index in [1.165, 1.54) is 4.68 Å². The molecule has 0 spiro atoms. The monoisotopic (exact) mass is 292 g/mol. The van der Waals surface area contributed by atoms with E-state index in [0.29, 0.717) is 22.0 Å². The van der Waals surface area contributed by atoms with Crippen molar-refractivity contribution in [3.63, 3.8) is 0 Å². The van der Waals surface area contributed by atoms with E-state index in [2.05, 4.69) is 10.4 Å². The molecular weight excluding hydrogens is 280 g/mol. The zero-order chi connectivity index (χ0) is 14.9. The number of primary amides is 1. The Morgan fingerprint density at radius 3 is 2.45 bits per heavy atom. The number of benzene rings is 1. The first-order chi connectivity index (χ1) is 9.40. The molecule has 0 aliphatic carbocycles. The van der Waals surface area contributed by atoms with Crippen molar-refractivity contribution in [3.05, 3.63) is 46.2 Å². The number of aryl methyl sites for hydroxylation is 1. The molecule has 1 aromatic carbocycles. The van der Waals surface area contributed by atoms with Crippen molar-refractivity contribution >= 4 is 29.1 Å². The molecule has 7 heteroatoms. The summed E-state index contributed by atoms with van der Waals surface area (Å²) in [5.41, 5.74) is 6.67. The number of hydrogen-bond donors (Lipinski definition) is 2. The van der Waals surface area contributed by atoms with Crippen LogP contribution >= 0.6 is 11.6 Å². The third kappa shape index (κ3) is 2.65. The van der Waals surface area contributed by atoms with E-state index in [1.54, 1.807) is 38.2 Å². The number of amides is 2. The second kappa shape index (κ2) is 5.34. The fourth-order valence-corrected chi connectivity index (χ4v) is 1.84. The molecule has 0 aliphatic heterocycles. The number of nitrogens with one attached hydrogen (secondary N) is 1. The SMILES string of the molecule is Cc1c(NC(=O)c2ccc(Cl)cc2)c(C(N)=O)nn1C. The Bertz CT molecular complexity index is 676. The summed E-state index contributed by atoms with van der Waals surface area (Å²) in [6.45, 7) is 1.73. The van der Waals surface area contributed by atoms with Gasteiger partial charge in [-0.25, -0.2) is 0 Å². The molecule has 6 nitrogen and oxygen atoms in total. The first-order valence-corrected chi connectivity index (χ1v) is 6.18. The lowest BCUT2D eigenvalue weighted by Crippen LogP contribution is -2.18. The first-order valence-electron chi connectivity index (χ1n) is 5.80. The summed E-state index contributed by atoms with van der Waals surface area (Å²) in [4.78, 5) is 23.4. The van der Waals surface area contributed by atoms with Crippen molar-refractivity contribution in [2.24, 2.45) is 12.8 Å². The highest BCUT2D eigenvalue weighted by atomic mass is 35.5. The molecule has 1 heterocycles. The average Bonchev–Trinajstić information content (AvgIpc) is 2.68. The van der Waals surface area contributed by atoms with E-state index in [4.69, 9.17) is 17.3 Å². The number of halogens is 1. The van der Waals surface area contributed by atoms with E-state index in [-0.39, 0.29) is 11.6 Å². The molecule has 2 aromatic rings. The maximum atomic E-state index is 12.1. The highest BCUT2D eigenvalue weighted by Crippen LogP contribution is 2.20. The second-order valence-corrected chi connectivity index (χ2v) is 4.69. The fourth-order valence-electron chi connectivity index (χ4n) is 1.72. The van der Waals surface area contributed by atoms with Crippen LogP contribution in [0.2, 0.25) is 5.02 Å². The van der Waals surface area contributed by atoms with Crippen molar-refractivity contribution in [2.45, 2.75) is 6.92 Å². The first kappa shape index (κ1) is 14.1. The minimum absolute atomic E-state index is 0.0345. The van der Waals surface area contributed by atoms with Gasteiger partial charge in [0, 0.05) is 17.6 Å². The molecular formula is C13H13ClN4O2. The lowest BCUT2D eigenvalue weighted by atomic mass is 10.2. The van der Waals surface area contributed by atoms with Gasteiger partial charge in [0.05, 0.1) is 11.4 Å². The summed E-state index contributed by atoms with van der Waals surface area (Å²) in [6, 6.07) is 6.41. The zero-order valence-electron chi connectivity index (χ0n) is 11.0. The van der Waals surface area contributed by atoms with Crippen LogP contribution in [-0.2, 0) is 7.05 Å². The topological polar surface area (TPSA) is 90.0 Å². The highest BCUT2D eigenvalue weighted by Gasteiger charge is 2.19. The predicted molar refractivity (Wildman–Crippen MR) is 75.9 cm³/mol. The summed E-state index contributed by atoms with van der Waals surface area (Å²) >= 11 is 5.77. The van der Waals surface area contributed by atoms with E-state index in [9.17, 15) is 9.59 Å². The fraction of sp³-hybridized carbons (Fsp3) is 0.154. The molecule has 1 aromatic heterocycles. The Hall–Kier alpha value is -2.34. The maximum Gasteiger partial charge on any atom is 0.271 e. The minimum Gasteiger partial charge on any atom is -0.364 e. The summed E-state index contributed by atoms with van der Waals surface area (Å²) in [5, 5.41) is 7.17. The van der Waals surface area contributed by atoms with Gasteiger partial charge >= 0.3 is 0 Å². The van der Waals surface area contributed by atoms with Crippen LogP contribution in [-0.4, -0.2) is 21.6 Å². The zero-order valence-corrected chi connectivity index (χ0v) is 11.7. The van der Waals surface area contributed by atoms with Crippen LogP contribution in [0.15, 0.2) is 24.3 Å². The summed E-state index contributed by atoms with van der Waals surface area (Å²) in [7, 11) is 1.67. The maximum absolute atomic E-state index is 12.1. The van der Waals surface area contributed by atoms with Gasteiger partial charge in [0.1, 0.15) is 0 Å². The van der Waals surface area contributed by atoms with Gasteiger partial charge in [0.15, 0.2) is 5.69 Å². The van der Waals surface area contributed by atoms with Gasteiger partial charge < -0.3 is 11.1 Å². The highest BCUT2D eigenvalue weighted by molar-refractivity contribution is 6.30. The van der Waals surface area contributed by atoms with Crippen molar-refractivity contribution < 1.29 is 9.59 Å². The quantitative estimate of drug-likeness (QED) is 0.902. The van der Waals surface area contributed by atoms with Crippen LogP contribution in [0.1, 0.15) is 26.5 Å². The number of nitrogens with two attached hydrogens (primary N) is 1. The summed E-state index contributed by atoms with van der Waals surface area (Å²) < 4.78 is 1.48. The largest absolute Gasteiger partial charge is 0.364 e. The van der Waals surface area contributed by atoms with E-state index in [0.717, 1.165) is 0 Å². The Morgan fingerprint density at radius 2 is 1.90 bits per heavy atom. The lowest BCUT2D eigenvalue weighted by molar-refractivity contribution is 0.0995. The predicted octanol–water partition coefficient (Wildman–Crippen LogP) is 1.73. The average molecular weight is 293 g/mol. The molecule has 0 unspecified atom stereocenters. The van der Waals surface area contributed by atoms with Crippen LogP contribution in [0.4, 0.5) is 5.69 Å². The van der Waals surface area contributed by atoms with Gasteiger partial charge in [-0.3, -0.25) is 14.3 Å². The van der Waals surface area contributed by atoms with E-state index in [1.807, 2.05) is 0 Å². The van der Waals surface area contributed by atoms with Gasteiger partial charge in [0.25, 0.3) is 11.8 Å². The standard InChI is InChI=1S/C13H13ClN4O2/c1-7-10(11(12(15)19)17-18(7)2)16-13(20)8-3-5-9(14)6-4-8/h3-6H,1-2H3,(H2,15,19)(H,16,20). The molecule has 0 radical (unpaired) electrons. The van der Waals surface area contributed by atoms with Gasteiger partial charge in [-0.05, 0) is 31.2 Å². The number of aromatic nitrogens is 2. The van der Waals surface area contributed by atoms with Gasteiger partial charge in [-0.15, -0.1) is 0 Å². The Kier molecular flexibility index (Phi) is 3.76. The molecule has 0 saturated heterocycles. The number of hydrogen-bond acceptors (Lipinski definition) is 3.